The summed E-state index contributed by atoms with van der Waals surface area (Å²) < 4.78 is 6.26. The van der Waals surface area contributed by atoms with Crippen molar-refractivity contribution in [3.05, 3.63) is 58.7 Å². The molecule has 0 radical (unpaired) electrons. The van der Waals surface area contributed by atoms with Crippen molar-refractivity contribution >= 4 is 11.5 Å². The zero-order valence-corrected chi connectivity index (χ0v) is 19.6. The molecule has 3 heteroatoms. The van der Waals surface area contributed by atoms with Crippen molar-refractivity contribution in [3.8, 4) is 5.75 Å². The molecule has 3 nitrogen and oxygen atoms in total. The molecule has 0 bridgehead atoms. The van der Waals surface area contributed by atoms with Crippen LogP contribution in [-0.2, 0) is 15.6 Å². The topological polar surface area (TPSA) is 46.5 Å². The third kappa shape index (κ3) is 7.56. The van der Waals surface area contributed by atoms with E-state index in [1.165, 1.54) is 17.2 Å². The second-order valence-electron chi connectivity index (χ2n) is 9.68. The lowest BCUT2D eigenvalue weighted by Gasteiger charge is -2.31. The first-order chi connectivity index (χ1) is 13.3. The predicted molar refractivity (Wildman–Crippen MR) is 124 cm³/mol. The molecular formula is C26H38O3. The summed E-state index contributed by atoms with van der Waals surface area (Å²) in [6.07, 6.45) is 7.92. The number of benzene rings is 1. The Morgan fingerprint density at radius 2 is 1.55 bits per heavy atom. The van der Waals surface area contributed by atoms with Gasteiger partial charge in [0.05, 0.1) is 6.61 Å². The van der Waals surface area contributed by atoms with Crippen LogP contribution in [0.1, 0.15) is 85.4 Å². The fourth-order valence-electron chi connectivity index (χ4n) is 3.01. The van der Waals surface area contributed by atoms with Gasteiger partial charge in [0.2, 0.25) is 0 Å². The summed E-state index contributed by atoms with van der Waals surface area (Å²) in [5.41, 5.74) is 5.33. The summed E-state index contributed by atoms with van der Waals surface area (Å²) in [5, 5.41) is 8.83. The van der Waals surface area contributed by atoms with Crippen LogP contribution in [0.15, 0.2) is 42.0 Å². The lowest BCUT2D eigenvalue weighted by atomic mass is 9.77. The normalized spacial score (nSPS) is 13.8. The Bertz CT molecular complexity index is 774. The molecule has 0 unspecified atom stereocenters. The van der Waals surface area contributed by atoms with Gasteiger partial charge < -0.3 is 9.84 Å². The maximum atomic E-state index is 10.8. The van der Waals surface area contributed by atoms with Crippen molar-refractivity contribution in [2.75, 3.05) is 6.61 Å². The summed E-state index contributed by atoms with van der Waals surface area (Å²) in [7, 11) is 0. The van der Waals surface area contributed by atoms with Gasteiger partial charge in [-0.25, -0.2) is 4.79 Å². The highest BCUT2D eigenvalue weighted by molar-refractivity contribution is 5.81. The van der Waals surface area contributed by atoms with Crippen LogP contribution >= 0.6 is 0 Å². The van der Waals surface area contributed by atoms with Gasteiger partial charge in [0.15, 0.2) is 0 Å². The number of aliphatic carboxylic acids is 1. The minimum atomic E-state index is -0.930. The summed E-state index contributed by atoms with van der Waals surface area (Å²) >= 11 is 0. The summed E-state index contributed by atoms with van der Waals surface area (Å²) in [6, 6.07) is 4.47. The minimum Gasteiger partial charge on any atom is -0.493 e. The molecule has 0 amide bonds. The maximum absolute atomic E-state index is 10.8. The second kappa shape index (κ2) is 9.96. The molecule has 160 valence electrons. The monoisotopic (exact) mass is 398 g/mol. The molecule has 0 atom stereocenters. The molecule has 1 N–H and O–H groups in total. The van der Waals surface area contributed by atoms with Crippen molar-refractivity contribution in [3.63, 3.8) is 0 Å². The lowest BCUT2D eigenvalue weighted by molar-refractivity contribution is -0.131. The largest absolute Gasteiger partial charge is 0.493 e. The van der Waals surface area contributed by atoms with Gasteiger partial charge in [-0.15, -0.1) is 0 Å². The van der Waals surface area contributed by atoms with E-state index in [1.54, 1.807) is 6.92 Å². The number of carbonyl (C=O) groups is 1. The molecule has 0 aliphatic carbocycles. The summed E-state index contributed by atoms with van der Waals surface area (Å²) in [5.74, 6) is 0.0827. The molecule has 0 heterocycles. The first-order valence-corrected chi connectivity index (χ1v) is 10.4. The van der Waals surface area contributed by atoms with Crippen LogP contribution in [0.2, 0.25) is 0 Å². The average Bonchev–Trinajstić information content (AvgIpc) is 2.56. The molecule has 0 aliphatic heterocycles. The van der Waals surface area contributed by atoms with E-state index in [1.807, 2.05) is 18.2 Å². The van der Waals surface area contributed by atoms with Gasteiger partial charge in [0.1, 0.15) is 5.75 Å². The Morgan fingerprint density at radius 3 is 1.97 bits per heavy atom. The Labute approximate surface area is 177 Å². The molecule has 0 aromatic heterocycles. The zero-order chi connectivity index (χ0) is 22.4. The zero-order valence-electron chi connectivity index (χ0n) is 19.6. The van der Waals surface area contributed by atoms with E-state index in [2.05, 4.69) is 67.5 Å². The van der Waals surface area contributed by atoms with Crippen LogP contribution in [0.3, 0.4) is 0 Å². The van der Waals surface area contributed by atoms with Crippen molar-refractivity contribution in [2.45, 2.75) is 79.6 Å². The van der Waals surface area contributed by atoms with E-state index in [0.717, 1.165) is 23.3 Å². The minimum absolute atomic E-state index is 0.0456. The Kier molecular flexibility index (Phi) is 8.50. The van der Waals surface area contributed by atoms with E-state index < -0.39 is 5.97 Å². The summed E-state index contributed by atoms with van der Waals surface area (Å²) in [4.78, 5) is 10.8. The number of hydrogen-bond donors (Lipinski definition) is 1. The van der Waals surface area contributed by atoms with Gasteiger partial charge in [-0.05, 0) is 59.9 Å². The van der Waals surface area contributed by atoms with E-state index in [-0.39, 0.29) is 10.8 Å². The average molecular weight is 399 g/mol. The van der Waals surface area contributed by atoms with Gasteiger partial charge >= 0.3 is 5.97 Å². The number of rotatable bonds is 7. The maximum Gasteiger partial charge on any atom is 0.328 e. The molecule has 0 fully saturated rings. The van der Waals surface area contributed by atoms with Crippen LogP contribution in [0, 0.1) is 0 Å². The van der Waals surface area contributed by atoms with Crippen molar-refractivity contribution in [2.24, 2.45) is 0 Å². The van der Waals surface area contributed by atoms with Gasteiger partial charge in [-0.1, -0.05) is 66.7 Å². The number of allylic oxidation sites excluding steroid dienone is 5. The molecular weight excluding hydrogens is 360 g/mol. The fourth-order valence-corrected chi connectivity index (χ4v) is 3.01. The highest BCUT2D eigenvalue weighted by Crippen LogP contribution is 2.42. The number of hydrogen-bond acceptors (Lipinski definition) is 2. The van der Waals surface area contributed by atoms with E-state index in [4.69, 9.17) is 9.84 Å². The molecule has 0 spiro atoms. The molecule has 0 saturated carbocycles. The predicted octanol–water partition coefficient (Wildman–Crippen LogP) is 7.06. The van der Waals surface area contributed by atoms with Crippen LogP contribution in [-0.4, -0.2) is 17.7 Å². The molecule has 29 heavy (non-hydrogen) atoms. The molecule has 0 saturated heterocycles. The lowest BCUT2D eigenvalue weighted by Crippen LogP contribution is -2.20. The third-order valence-corrected chi connectivity index (χ3v) is 4.67. The standard InChI is InChI=1S/C26H38O3/c1-10-14-29-24-21(25(4,5)6)16-20(17-22(24)26(7,8)9)19(3)13-11-12-18(2)15-23(27)28/h11-13,15-17H,10,14H2,1-9H3,(H,27,28). The van der Waals surface area contributed by atoms with Crippen LogP contribution < -0.4 is 4.74 Å². The van der Waals surface area contributed by atoms with Gasteiger partial charge in [0, 0.05) is 17.2 Å². The van der Waals surface area contributed by atoms with Gasteiger partial charge in [-0.2, -0.15) is 0 Å². The second-order valence-corrected chi connectivity index (χ2v) is 9.68. The van der Waals surface area contributed by atoms with Crippen LogP contribution in [0.25, 0.3) is 5.57 Å². The smallest absolute Gasteiger partial charge is 0.328 e. The van der Waals surface area contributed by atoms with E-state index >= 15 is 0 Å². The number of carboxylic acids is 1. The Morgan fingerprint density at radius 1 is 1.03 bits per heavy atom. The quantitative estimate of drug-likeness (QED) is 0.395. The van der Waals surface area contributed by atoms with Crippen molar-refractivity contribution in [1.29, 1.82) is 0 Å². The van der Waals surface area contributed by atoms with Gasteiger partial charge in [0.25, 0.3) is 0 Å². The highest BCUT2D eigenvalue weighted by atomic mass is 16.5. The van der Waals surface area contributed by atoms with E-state index in [0.29, 0.717) is 12.2 Å². The summed E-state index contributed by atoms with van der Waals surface area (Å²) in [6.45, 7) is 20.0. The SMILES string of the molecule is CCCOc1c(C(C)(C)C)cc(C(C)=CC=CC(C)=CC(=O)O)cc1C(C)(C)C. The first-order valence-electron chi connectivity index (χ1n) is 10.4. The van der Waals surface area contributed by atoms with E-state index in [9.17, 15) is 4.79 Å². The Hall–Kier alpha value is -2.29. The number of carboxylic acid groups (broad SMARTS) is 1. The molecule has 1 aromatic carbocycles. The first kappa shape index (κ1) is 24.7. The number of ether oxygens (including phenoxy) is 1. The van der Waals surface area contributed by atoms with Gasteiger partial charge in [-0.3, -0.25) is 0 Å². The Balaban J connectivity index is 3.54. The third-order valence-electron chi connectivity index (χ3n) is 4.67. The van der Waals surface area contributed by atoms with Crippen LogP contribution in [0.5, 0.6) is 5.75 Å². The molecule has 0 aliphatic rings. The molecule has 1 rings (SSSR count). The van der Waals surface area contributed by atoms with Crippen molar-refractivity contribution in [1.82, 2.24) is 0 Å². The fraction of sp³-hybridized carbons (Fsp3) is 0.500. The highest BCUT2D eigenvalue weighted by Gasteiger charge is 2.28. The molecule has 1 aromatic rings. The van der Waals surface area contributed by atoms with Crippen LogP contribution in [0.4, 0.5) is 0 Å². The van der Waals surface area contributed by atoms with Crippen molar-refractivity contribution < 1.29 is 14.6 Å².